The van der Waals surface area contributed by atoms with Gasteiger partial charge in [-0.05, 0) is 0 Å². The molecule has 0 aliphatic rings. The van der Waals surface area contributed by atoms with Crippen LogP contribution in [0.25, 0.3) is 0 Å². The fraction of sp³-hybridized carbons (Fsp3) is 0. The van der Waals surface area contributed by atoms with Crippen molar-refractivity contribution in [3.8, 4) is 0 Å². The first-order chi connectivity index (χ1) is 5.52. The summed E-state index contributed by atoms with van der Waals surface area (Å²) in [6.45, 7) is -2.02. The summed E-state index contributed by atoms with van der Waals surface area (Å²) in [6, 6.07) is 8.20. The molecule has 0 heterocycles. The lowest BCUT2D eigenvalue weighted by atomic mass is 10.4. The highest BCUT2D eigenvalue weighted by Gasteiger charge is 2.21. The van der Waals surface area contributed by atoms with E-state index in [0.29, 0.717) is 5.30 Å². The first-order valence-electron chi connectivity index (χ1n) is 3.00. The Kier molecular flexibility index (Phi) is 3.07. The van der Waals surface area contributed by atoms with Crippen molar-refractivity contribution in [3.05, 3.63) is 30.3 Å². The minimum atomic E-state index is -4.13. The lowest BCUT2D eigenvalue weighted by Gasteiger charge is -2.03. The smallest absolute Gasteiger partial charge is 0.282 e. The highest BCUT2D eigenvalue weighted by molar-refractivity contribution is 8.57. The Labute approximate surface area is 76.4 Å². The predicted molar refractivity (Wildman–Crippen MR) is 50.4 cm³/mol. The van der Waals surface area contributed by atoms with Crippen LogP contribution in [0.4, 0.5) is 0 Å². The zero-order chi connectivity index (χ0) is 9.19. The summed E-state index contributed by atoms with van der Waals surface area (Å²) in [5.41, 5.74) is 0. The van der Waals surface area contributed by atoms with Gasteiger partial charge in [-0.2, -0.15) is 8.42 Å². The van der Waals surface area contributed by atoms with Crippen molar-refractivity contribution in [3.63, 3.8) is 0 Å². The van der Waals surface area contributed by atoms with Crippen molar-refractivity contribution < 1.29 is 13.0 Å². The number of hydrogen-bond acceptors (Lipinski definition) is 2. The SMILES string of the molecule is O=S(=O)(O)P(Cl)c1ccccc1. The van der Waals surface area contributed by atoms with Crippen molar-refractivity contribution in [2.24, 2.45) is 0 Å². The van der Waals surface area contributed by atoms with Crippen LogP contribution in [0, 0.1) is 0 Å². The number of hydrogen-bond donors (Lipinski definition) is 1. The molecule has 0 bridgehead atoms. The van der Waals surface area contributed by atoms with E-state index in [9.17, 15) is 8.42 Å². The molecule has 66 valence electrons. The minimum absolute atomic E-state index is 0.427. The van der Waals surface area contributed by atoms with E-state index in [2.05, 4.69) is 0 Å². The standard InChI is InChI=1S/C6H6ClO3PS/c7-11(12(8,9)10)6-4-2-1-3-5-6/h1-5H,(H,8,9,10). The molecule has 1 atom stereocenters. The average Bonchev–Trinajstić information content (AvgIpc) is 2.03. The molecule has 1 rings (SSSR count). The second-order valence-corrected chi connectivity index (χ2v) is 8.03. The monoisotopic (exact) mass is 224 g/mol. The number of halogens is 1. The molecule has 1 aromatic rings. The van der Waals surface area contributed by atoms with E-state index in [-0.39, 0.29) is 0 Å². The van der Waals surface area contributed by atoms with Crippen molar-refractivity contribution in [1.29, 1.82) is 0 Å². The summed E-state index contributed by atoms with van der Waals surface area (Å²) in [5.74, 6) is 0. The van der Waals surface area contributed by atoms with Crippen LogP contribution in [0.5, 0.6) is 0 Å². The third kappa shape index (κ3) is 2.42. The fourth-order valence-corrected chi connectivity index (χ4v) is 2.85. The highest BCUT2D eigenvalue weighted by atomic mass is 35.7. The van der Waals surface area contributed by atoms with Gasteiger partial charge in [0.15, 0.2) is 6.48 Å². The second-order valence-electron chi connectivity index (χ2n) is 2.03. The maximum Gasteiger partial charge on any atom is 0.300 e. The Bertz CT molecular complexity index is 350. The van der Waals surface area contributed by atoms with Gasteiger partial charge >= 0.3 is 0 Å². The van der Waals surface area contributed by atoms with Gasteiger partial charge in [0.1, 0.15) is 0 Å². The van der Waals surface area contributed by atoms with Gasteiger partial charge in [-0.1, -0.05) is 41.6 Å². The van der Waals surface area contributed by atoms with Gasteiger partial charge < -0.3 is 0 Å². The quantitative estimate of drug-likeness (QED) is 0.615. The molecule has 1 unspecified atom stereocenters. The van der Waals surface area contributed by atoms with E-state index < -0.39 is 16.2 Å². The van der Waals surface area contributed by atoms with E-state index in [0.717, 1.165) is 0 Å². The molecule has 0 aliphatic carbocycles. The Morgan fingerprint density at radius 3 is 2.17 bits per heavy atom. The summed E-state index contributed by atoms with van der Waals surface area (Å²) in [5, 5.41) is 0.427. The molecule has 3 nitrogen and oxygen atoms in total. The second kappa shape index (κ2) is 3.71. The molecule has 0 saturated carbocycles. The Morgan fingerprint density at radius 2 is 1.75 bits per heavy atom. The molecule has 0 aromatic heterocycles. The Morgan fingerprint density at radius 1 is 1.25 bits per heavy atom. The molecular weight excluding hydrogens is 219 g/mol. The third-order valence-electron chi connectivity index (χ3n) is 1.16. The average molecular weight is 225 g/mol. The minimum Gasteiger partial charge on any atom is -0.282 e. The van der Waals surface area contributed by atoms with Crippen molar-refractivity contribution in [2.75, 3.05) is 0 Å². The predicted octanol–water partition coefficient (Wildman–Crippen LogP) is 1.75. The molecule has 0 spiro atoms. The van der Waals surface area contributed by atoms with E-state index in [4.69, 9.17) is 15.8 Å². The molecule has 1 N–H and O–H groups in total. The van der Waals surface area contributed by atoms with E-state index >= 15 is 0 Å². The van der Waals surface area contributed by atoms with E-state index in [1.54, 1.807) is 30.3 Å². The Balaban J connectivity index is 3.02. The number of rotatable bonds is 2. The molecular formula is C6H6ClO3PS. The van der Waals surface area contributed by atoms with Gasteiger partial charge in [-0.3, -0.25) is 4.55 Å². The first-order valence-corrected chi connectivity index (χ1v) is 7.29. The van der Waals surface area contributed by atoms with Crippen LogP contribution < -0.4 is 5.30 Å². The molecule has 0 aliphatic heterocycles. The fourth-order valence-electron chi connectivity index (χ4n) is 0.678. The molecule has 1 aromatic carbocycles. The van der Waals surface area contributed by atoms with Crippen LogP contribution in [0.15, 0.2) is 30.3 Å². The highest BCUT2D eigenvalue weighted by Crippen LogP contribution is 2.45. The van der Waals surface area contributed by atoms with Crippen LogP contribution in [0.3, 0.4) is 0 Å². The van der Waals surface area contributed by atoms with Gasteiger partial charge in [0, 0.05) is 5.30 Å². The van der Waals surface area contributed by atoms with Gasteiger partial charge in [0.2, 0.25) is 0 Å². The van der Waals surface area contributed by atoms with E-state index in [1.165, 1.54) is 0 Å². The molecule has 0 fully saturated rings. The third-order valence-corrected chi connectivity index (χ3v) is 6.27. The van der Waals surface area contributed by atoms with Crippen molar-refractivity contribution >= 4 is 32.8 Å². The molecule has 0 saturated heterocycles. The summed E-state index contributed by atoms with van der Waals surface area (Å²) in [6.07, 6.45) is 0. The zero-order valence-corrected chi connectivity index (χ0v) is 8.35. The summed E-state index contributed by atoms with van der Waals surface area (Å²) in [7, 11) is -4.13. The summed E-state index contributed by atoms with van der Waals surface area (Å²) < 4.78 is 29.8. The van der Waals surface area contributed by atoms with Gasteiger partial charge in [-0.15, -0.1) is 0 Å². The lowest BCUT2D eigenvalue weighted by Crippen LogP contribution is -2.03. The normalized spacial score (nSPS) is 14.2. The molecule has 12 heavy (non-hydrogen) atoms. The van der Waals surface area contributed by atoms with Gasteiger partial charge in [-0.25, -0.2) is 0 Å². The summed E-state index contributed by atoms with van der Waals surface area (Å²) >= 11 is 5.51. The van der Waals surface area contributed by atoms with Gasteiger partial charge in [0.05, 0.1) is 0 Å². The lowest BCUT2D eigenvalue weighted by molar-refractivity contribution is 0.502. The number of benzene rings is 1. The Hall–Kier alpha value is -0.150. The van der Waals surface area contributed by atoms with Crippen LogP contribution in [0.2, 0.25) is 0 Å². The van der Waals surface area contributed by atoms with Crippen molar-refractivity contribution in [1.82, 2.24) is 0 Å². The van der Waals surface area contributed by atoms with Crippen molar-refractivity contribution in [2.45, 2.75) is 0 Å². The van der Waals surface area contributed by atoms with Crippen LogP contribution in [0.1, 0.15) is 0 Å². The zero-order valence-electron chi connectivity index (χ0n) is 5.88. The van der Waals surface area contributed by atoms with E-state index in [1.807, 2.05) is 0 Å². The van der Waals surface area contributed by atoms with Crippen LogP contribution >= 0.6 is 17.7 Å². The maximum absolute atomic E-state index is 10.6. The molecule has 0 amide bonds. The molecule has 0 radical (unpaired) electrons. The maximum atomic E-state index is 10.6. The topological polar surface area (TPSA) is 54.4 Å². The summed E-state index contributed by atoms with van der Waals surface area (Å²) in [4.78, 5) is 0. The van der Waals surface area contributed by atoms with Crippen LogP contribution in [-0.2, 0) is 9.74 Å². The van der Waals surface area contributed by atoms with Gasteiger partial charge in [0.25, 0.3) is 9.74 Å². The molecule has 6 heteroatoms. The largest absolute Gasteiger partial charge is 0.300 e. The first kappa shape index (κ1) is 9.93. The van der Waals surface area contributed by atoms with Crippen LogP contribution in [-0.4, -0.2) is 13.0 Å².